The molecule has 1 fully saturated rings. The van der Waals surface area contributed by atoms with Gasteiger partial charge in [-0.2, -0.15) is 0 Å². The molecule has 0 bridgehead atoms. The van der Waals surface area contributed by atoms with Crippen molar-refractivity contribution in [1.29, 1.82) is 0 Å². The lowest BCUT2D eigenvalue weighted by atomic mass is 9.66. The summed E-state index contributed by atoms with van der Waals surface area (Å²) in [5.41, 5.74) is 6.46. The first kappa shape index (κ1) is 12.0. The summed E-state index contributed by atoms with van der Waals surface area (Å²) in [5.74, 6) is 1.83. The minimum absolute atomic E-state index is 0.514. The average molecular weight is 197 g/mol. The van der Waals surface area contributed by atoms with E-state index in [1.807, 2.05) is 0 Å². The molecule has 14 heavy (non-hydrogen) atoms. The van der Waals surface area contributed by atoms with E-state index in [0.29, 0.717) is 5.41 Å². The van der Waals surface area contributed by atoms with Crippen molar-refractivity contribution in [2.24, 2.45) is 23.0 Å². The Kier molecular flexibility index (Phi) is 4.43. The van der Waals surface area contributed by atoms with E-state index in [9.17, 15) is 0 Å². The lowest BCUT2D eigenvalue weighted by Gasteiger charge is -2.40. The van der Waals surface area contributed by atoms with Crippen molar-refractivity contribution < 1.29 is 0 Å². The van der Waals surface area contributed by atoms with Crippen LogP contribution in [0.5, 0.6) is 0 Å². The van der Waals surface area contributed by atoms with E-state index >= 15 is 0 Å². The van der Waals surface area contributed by atoms with Gasteiger partial charge in [0, 0.05) is 0 Å². The molecule has 0 saturated heterocycles. The molecular formula is C13H27N. The molecule has 1 heteroatoms. The summed E-state index contributed by atoms with van der Waals surface area (Å²) in [5, 5.41) is 0. The average Bonchev–Trinajstić information content (AvgIpc) is 2.19. The standard InChI is InChI=1S/C13H27N/c1-4-7-13(10-14)8-5-12(6-9-13)11(2)3/h11-12H,4-10,14H2,1-3H3. The van der Waals surface area contributed by atoms with Gasteiger partial charge in [0.05, 0.1) is 0 Å². The second-order valence-electron chi connectivity index (χ2n) is 5.54. The van der Waals surface area contributed by atoms with Gasteiger partial charge in [0.2, 0.25) is 0 Å². The summed E-state index contributed by atoms with van der Waals surface area (Å²) in [6.07, 6.45) is 8.21. The molecule has 0 amide bonds. The van der Waals surface area contributed by atoms with Gasteiger partial charge in [0.15, 0.2) is 0 Å². The van der Waals surface area contributed by atoms with Gasteiger partial charge in [-0.15, -0.1) is 0 Å². The lowest BCUT2D eigenvalue weighted by Crippen LogP contribution is -2.35. The second-order valence-corrected chi connectivity index (χ2v) is 5.54. The molecule has 1 aliphatic carbocycles. The summed E-state index contributed by atoms with van der Waals surface area (Å²) in [6, 6.07) is 0. The molecule has 0 aromatic rings. The maximum atomic E-state index is 5.95. The third-order valence-corrected chi connectivity index (χ3v) is 4.25. The first-order valence-corrected chi connectivity index (χ1v) is 6.33. The maximum Gasteiger partial charge on any atom is -0.00205 e. The topological polar surface area (TPSA) is 26.0 Å². The van der Waals surface area contributed by atoms with Crippen LogP contribution >= 0.6 is 0 Å². The van der Waals surface area contributed by atoms with E-state index < -0.39 is 0 Å². The van der Waals surface area contributed by atoms with Crippen molar-refractivity contribution in [3.05, 3.63) is 0 Å². The largest absolute Gasteiger partial charge is 0.330 e. The van der Waals surface area contributed by atoms with E-state index in [2.05, 4.69) is 20.8 Å². The van der Waals surface area contributed by atoms with E-state index in [4.69, 9.17) is 5.73 Å². The Morgan fingerprint density at radius 3 is 2.21 bits per heavy atom. The summed E-state index contributed by atoms with van der Waals surface area (Å²) in [4.78, 5) is 0. The minimum Gasteiger partial charge on any atom is -0.330 e. The van der Waals surface area contributed by atoms with Gasteiger partial charge in [0.1, 0.15) is 0 Å². The summed E-state index contributed by atoms with van der Waals surface area (Å²) >= 11 is 0. The number of hydrogen-bond acceptors (Lipinski definition) is 1. The van der Waals surface area contributed by atoms with Crippen molar-refractivity contribution in [3.8, 4) is 0 Å². The predicted octanol–water partition coefficient (Wildman–Crippen LogP) is 3.58. The quantitative estimate of drug-likeness (QED) is 0.732. The molecule has 0 aromatic heterocycles. The van der Waals surface area contributed by atoms with Gasteiger partial charge in [-0.25, -0.2) is 0 Å². The third kappa shape index (κ3) is 2.73. The third-order valence-electron chi connectivity index (χ3n) is 4.25. The summed E-state index contributed by atoms with van der Waals surface area (Å²) in [6.45, 7) is 7.91. The monoisotopic (exact) mass is 197 g/mol. The SMILES string of the molecule is CCCC1(CN)CCC(C(C)C)CC1. The van der Waals surface area contributed by atoms with Gasteiger partial charge in [-0.3, -0.25) is 0 Å². The van der Waals surface area contributed by atoms with Crippen molar-refractivity contribution >= 4 is 0 Å². The molecule has 84 valence electrons. The Labute approximate surface area is 89.5 Å². The van der Waals surface area contributed by atoms with Crippen LogP contribution in [-0.2, 0) is 0 Å². The summed E-state index contributed by atoms with van der Waals surface area (Å²) < 4.78 is 0. The first-order chi connectivity index (χ1) is 6.63. The smallest absolute Gasteiger partial charge is 0.00205 e. The fourth-order valence-corrected chi connectivity index (χ4v) is 3.01. The Hall–Kier alpha value is -0.0400. The molecular weight excluding hydrogens is 170 g/mol. The molecule has 0 aliphatic heterocycles. The van der Waals surface area contributed by atoms with Gasteiger partial charge in [-0.1, -0.05) is 27.2 Å². The van der Waals surface area contributed by atoms with E-state index in [0.717, 1.165) is 18.4 Å². The van der Waals surface area contributed by atoms with Gasteiger partial charge < -0.3 is 5.73 Å². The molecule has 2 N–H and O–H groups in total. The highest BCUT2D eigenvalue weighted by molar-refractivity contribution is 4.86. The molecule has 0 atom stereocenters. The van der Waals surface area contributed by atoms with Gasteiger partial charge >= 0.3 is 0 Å². The Balaban J connectivity index is 2.46. The highest BCUT2D eigenvalue weighted by atomic mass is 14.6. The zero-order chi connectivity index (χ0) is 10.6. The van der Waals surface area contributed by atoms with E-state index in [1.165, 1.54) is 38.5 Å². The van der Waals surface area contributed by atoms with Crippen molar-refractivity contribution in [2.45, 2.75) is 59.3 Å². The molecule has 1 aliphatic rings. The minimum atomic E-state index is 0.514. The Bertz CT molecular complexity index is 155. The lowest BCUT2D eigenvalue weighted by molar-refractivity contribution is 0.122. The van der Waals surface area contributed by atoms with Crippen LogP contribution in [0.15, 0.2) is 0 Å². The van der Waals surface area contributed by atoms with E-state index in [1.54, 1.807) is 0 Å². The Morgan fingerprint density at radius 2 is 1.86 bits per heavy atom. The Morgan fingerprint density at radius 1 is 1.29 bits per heavy atom. The highest BCUT2D eigenvalue weighted by Crippen LogP contribution is 2.43. The van der Waals surface area contributed by atoms with Crippen LogP contribution < -0.4 is 5.73 Å². The van der Waals surface area contributed by atoms with Crippen LogP contribution in [0.3, 0.4) is 0 Å². The highest BCUT2D eigenvalue weighted by Gasteiger charge is 2.33. The molecule has 0 radical (unpaired) electrons. The number of hydrogen-bond donors (Lipinski definition) is 1. The molecule has 0 spiro atoms. The number of nitrogens with two attached hydrogens (primary N) is 1. The van der Waals surface area contributed by atoms with Crippen LogP contribution in [0.1, 0.15) is 59.3 Å². The zero-order valence-electron chi connectivity index (χ0n) is 10.2. The molecule has 0 aromatic carbocycles. The zero-order valence-corrected chi connectivity index (χ0v) is 10.2. The summed E-state index contributed by atoms with van der Waals surface area (Å²) in [7, 11) is 0. The van der Waals surface area contributed by atoms with Crippen LogP contribution in [0.25, 0.3) is 0 Å². The molecule has 1 rings (SSSR count). The molecule has 1 nitrogen and oxygen atoms in total. The first-order valence-electron chi connectivity index (χ1n) is 6.33. The van der Waals surface area contributed by atoms with Crippen molar-refractivity contribution in [3.63, 3.8) is 0 Å². The maximum absolute atomic E-state index is 5.95. The fourth-order valence-electron chi connectivity index (χ4n) is 3.01. The van der Waals surface area contributed by atoms with Crippen molar-refractivity contribution in [1.82, 2.24) is 0 Å². The van der Waals surface area contributed by atoms with Gasteiger partial charge in [-0.05, 0) is 55.9 Å². The molecule has 0 heterocycles. The van der Waals surface area contributed by atoms with Gasteiger partial charge in [0.25, 0.3) is 0 Å². The predicted molar refractivity (Wildman–Crippen MR) is 63.2 cm³/mol. The van der Waals surface area contributed by atoms with Crippen LogP contribution in [-0.4, -0.2) is 6.54 Å². The fraction of sp³-hybridized carbons (Fsp3) is 1.00. The van der Waals surface area contributed by atoms with Crippen LogP contribution in [0.2, 0.25) is 0 Å². The second kappa shape index (κ2) is 5.16. The number of rotatable bonds is 4. The van der Waals surface area contributed by atoms with E-state index in [-0.39, 0.29) is 0 Å². The normalized spacial score (nSPS) is 33.6. The molecule has 0 unspecified atom stereocenters. The van der Waals surface area contributed by atoms with Crippen molar-refractivity contribution in [2.75, 3.05) is 6.54 Å². The molecule has 1 saturated carbocycles. The van der Waals surface area contributed by atoms with Crippen LogP contribution in [0, 0.1) is 17.3 Å². The van der Waals surface area contributed by atoms with Crippen LogP contribution in [0.4, 0.5) is 0 Å².